The fraction of sp³-hybridized carbons (Fsp3) is 0.167. The number of hydrogen-bond donors (Lipinski definition) is 0. The molecular formula is C12H8O5. The van der Waals surface area contributed by atoms with Gasteiger partial charge in [0, 0.05) is 0 Å². The van der Waals surface area contributed by atoms with Crippen LogP contribution in [-0.4, -0.2) is 11.9 Å². The number of para-hydroxylation sites is 1. The second-order valence-electron chi connectivity index (χ2n) is 3.66. The maximum Gasteiger partial charge on any atom is 0.338 e. The van der Waals surface area contributed by atoms with Gasteiger partial charge in [0.15, 0.2) is 0 Å². The Balaban J connectivity index is 2.20. The monoisotopic (exact) mass is 232 g/mol. The second kappa shape index (κ2) is 3.62. The maximum absolute atomic E-state index is 11.4. The average molecular weight is 232 g/mol. The summed E-state index contributed by atoms with van der Waals surface area (Å²) in [6, 6.07) is 7.01. The Morgan fingerprint density at radius 3 is 2.47 bits per heavy atom. The first kappa shape index (κ1) is 9.89. The summed E-state index contributed by atoms with van der Waals surface area (Å²) in [5.74, 6) is -0.834. The van der Waals surface area contributed by atoms with E-state index in [1.54, 1.807) is 24.3 Å². The molecule has 0 spiro atoms. The summed E-state index contributed by atoms with van der Waals surface area (Å²) < 4.78 is 15.4. The largest absolute Gasteiger partial charge is 0.422 e. The van der Waals surface area contributed by atoms with Gasteiger partial charge in [0.1, 0.15) is 5.58 Å². The Morgan fingerprint density at radius 2 is 1.65 bits per heavy atom. The van der Waals surface area contributed by atoms with Crippen LogP contribution in [0.25, 0.3) is 11.0 Å². The molecule has 1 aliphatic heterocycles. The fourth-order valence-corrected chi connectivity index (χ4v) is 1.69. The lowest BCUT2D eigenvalue weighted by Gasteiger charge is -2.08. The number of benzene rings is 1. The topological polar surface area (TPSA) is 65.7 Å². The van der Waals surface area contributed by atoms with Crippen LogP contribution in [0.3, 0.4) is 0 Å². The molecule has 0 bridgehead atoms. The molecule has 0 amide bonds. The molecule has 2 aromatic rings. The molecule has 0 unspecified atom stereocenters. The van der Waals surface area contributed by atoms with Gasteiger partial charge in [-0.25, -0.2) is 0 Å². The average Bonchev–Trinajstić information content (AvgIpc) is 2.63. The van der Waals surface area contributed by atoms with Crippen molar-refractivity contribution < 1.29 is 23.5 Å². The first-order valence-electron chi connectivity index (χ1n) is 5.17. The molecule has 0 radical (unpaired) electrons. The molecule has 5 heteroatoms. The lowest BCUT2D eigenvalue weighted by molar-refractivity contribution is -0.143. The zero-order valence-electron chi connectivity index (χ0n) is 8.76. The van der Waals surface area contributed by atoms with E-state index in [4.69, 9.17) is 13.9 Å². The predicted octanol–water partition coefficient (Wildman–Crippen LogP) is 2.04. The summed E-state index contributed by atoms with van der Waals surface area (Å²) in [6.07, 6.45) is 0.00704. The molecule has 1 aromatic carbocycles. The molecule has 86 valence electrons. The van der Waals surface area contributed by atoms with Crippen molar-refractivity contribution in [1.82, 2.24) is 0 Å². The molecule has 0 saturated carbocycles. The summed E-state index contributed by atoms with van der Waals surface area (Å²) in [5, 5.41) is 0.616. The van der Waals surface area contributed by atoms with Crippen molar-refractivity contribution in [3.63, 3.8) is 0 Å². The number of carbonyl (C=O) groups is 2. The van der Waals surface area contributed by atoms with E-state index in [-0.39, 0.29) is 24.5 Å². The lowest BCUT2D eigenvalue weighted by Crippen LogP contribution is -2.17. The van der Waals surface area contributed by atoms with Crippen LogP contribution in [-0.2, 0) is 9.59 Å². The van der Waals surface area contributed by atoms with Crippen molar-refractivity contribution in [3.8, 4) is 11.7 Å². The highest BCUT2D eigenvalue weighted by atomic mass is 16.6. The van der Waals surface area contributed by atoms with Crippen molar-refractivity contribution in [3.05, 3.63) is 24.3 Å². The molecule has 0 N–H and O–H groups in total. The van der Waals surface area contributed by atoms with Crippen LogP contribution < -0.4 is 9.47 Å². The molecule has 3 rings (SSSR count). The molecule has 2 heterocycles. The van der Waals surface area contributed by atoms with Crippen LogP contribution >= 0.6 is 0 Å². The van der Waals surface area contributed by atoms with Crippen LogP contribution in [0.2, 0.25) is 0 Å². The van der Waals surface area contributed by atoms with E-state index >= 15 is 0 Å². The Kier molecular flexibility index (Phi) is 2.11. The third-order valence-electron chi connectivity index (χ3n) is 2.48. The Hall–Kier alpha value is -2.30. The van der Waals surface area contributed by atoms with Gasteiger partial charge in [0.05, 0.1) is 18.2 Å². The minimum absolute atomic E-state index is 0.00464. The SMILES string of the molecule is O=C1CCC(=O)Oc2c(oc3ccccc23)O1. The smallest absolute Gasteiger partial charge is 0.338 e. The molecule has 5 nitrogen and oxygen atoms in total. The Bertz CT molecular complexity index is 610. The third-order valence-corrected chi connectivity index (χ3v) is 2.48. The lowest BCUT2D eigenvalue weighted by atomic mass is 10.2. The van der Waals surface area contributed by atoms with Gasteiger partial charge in [-0.05, 0) is 12.1 Å². The third kappa shape index (κ3) is 1.65. The van der Waals surface area contributed by atoms with E-state index in [9.17, 15) is 9.59 Å². The van der Waals surface area contributed by atoms with Gasteiger partial charge < -0.3 is 13.9 Å². The normalized spacial score (nSPS) is 15.8. The quantitative estimate of drug-likeness (QED) is 0.650. The number of esters is 2. The highest BCUT2D eigenvalue weighted by Gasteiger charge is 2.25. The van der Waals surface area contributed by atoms with Crippen molar-refractivity contribution in [1.29, 1.82) is 0 Å². The standard InChI is InChI=1S/C12H8O5/c13-9-5-6-10(14)17-12-11(16-9)7-3-1-2-4-8(7)15-12/h1-4H,5-6H2. The van der Waals surface area contributed by atoms with Gasteiger partial charge >= 0.3 is 17.9 Å². The van der Waals surface area contributed by atoms with E-state index in [0.29, 0.717) is 11.0 Å². The zero-order valence-corrected chi connectivity index (χ0v) is 8.76. The van der Waals surface area contributed by atoms with Crippen molar-refractivity contribution in [2.24, 2.45) is 0 Å². The van der Waals surface area contributed by atoms with Crippen LogP contribution in [0, 0.1) is 0 Å². The molecule has 0 fully saturated rings. The van der Waals surface area contributed by atoms with Gasteiger partial charge in [-0.3, -0.25) is 9.59 Å². The molecule has 17 heavy (non-hydrogen) atoms. The van der Waals surface area contributed by atoms with E-state index in [1.165, 1.54) is 0 Å². The molecule has 1 aromatic heterocycles. The summed E-state index contributed by atoms with van der Waals surface area (Å²) in [5.41, 5.74) is 0.514. The number of furan rings is 1. The Labute approximate surface area is 95.9 Å². The maximum atomic E-state index is 11.4. The number of hydrogen-bond acceptors (Lipinski definition) is 5. The van der Waals surface area contributed by atoms with Gasteiger partial charge in [-0.1, -0.05) is 12.1 Å². The number of rotatable bonds is 0. The first-order valence-corrected chi connectivity index (χ1v) is 5.17. The minimum Gasteiger partial charge on any atom is -0.422 e. The highest BCUT2D eigenvalue weighted by molar-refractivity contribution is 5.92. The number of carbonyl (C=O) groups excluding carboxylic acids is 2. The van der Waals surface area contributed by atoms with Crippen molar-refractivity contribution >= 4 is 22.9 Å². The summed E-state index contributed by atoms with van der Waals surface area (Å²) in [7, 11) is 0. The summed E-state index contributed by atoms with van der Waals surface area (Å²) >= 11 is 0. The predicted molar refractivity (Wildman–Crippen MR) is 56.7 cm³/mol. The molecular weight excluding hydrogens is 224 g/mol. The zero-order chi connectivity index (χ0) is 11.8. The minimum atomic E-state index is -0.498. The second-order valence-corrected chi connectivity index (χ2v) is 3.66. The van der Waals surface area contributed by atoms with Gasteiger partial charge in [-0.15, -0.1) is 0 Å². The molecule has 1 aliphatic rings. The van der Waals surface area contributed by atoms with E-state index in [0.717, 1.165) is 0 Å². The molecule has 0 atom stereocenters. The van der Waals surface area contributed by atoms with Crippen LogP contribution in [0.1, 0.15) is 12.8 Å². The van der Waals surface area contributed by atoms with Crippen LogP contribution in [0.15, 0.2) is 28.7 Å². The van der Waals surface area contributed by atoms with Crippen LogP contribution in [0.5, 0.6) is 11.7 Å². The van der Waals surface area contributed by atoms with Gasteiger partial charge in [-0.2, -0.15) is 0 Å². The fourth-order valence-electron chi connectivity index (χ4n) is 1.69. The molecule has 0 saturated heterocycles. The number of fused-ring (bicyclic) bond motifs is 3. The van der Waals surface area contributed by atoms with E-state index in [1.807, 2.05) is 0 Å². The van der Waals surface area contributed by atoms with Gasteiger partial charge in [0.2, 0.25) is 5.75 Å². The van der Waals surface area contributed by atoms with Gasteiger partial charge in [0.25, 0.3) is 0 Å². The molecule has 0 aliphatic carbocycles. The van der Waals surface area contributed by atoms with E-state index < -0.39 is 11.9 Å². The van der Waals surface area contributed by atoms with Crippen molar-refractivity contribution in [2.75, 3.05) is 0 Å². The Morgan fingerprint density at radius 1 is 0.941 bits per heavy atom. The van der Waals surface area contributed by atoms with Crippen LogP contribution in [0.4, 0.5) is 0 Å². The first-order chi connectivity index (χ1) is 8.24. The van der Waals surface area contributed by atoms with E-state index in [2.05, 4.69) is 0 Å². The number of ether oxygens (including phenoxy) is 2. The van der Waals surface area contributed by atoms with Crippen molar-refractivity contribution in [2.45, 2.75) is 12.8 Å². The highest BCUT2D eigenvalue weighted by Crippen LogP contribution is 2.40. The summed E-state index contributed by atoms with van der Waals surface area (Å²) in [6.45, 7) is 0. The summed E-state index contributed by atoms with van der Waals surface area (Å²) in [4.78, 5) is 22.7.